The zero-order valence-electron chi connectivity index (χ0n) is 8.62. The lowest BCUT2D eigenvalue weighted by molar-refractivity contribution is -0.139. The number of para-hydroxylation sites is 1. The monoisotopic (exact) mass is 249 g/mol. The van der Waals surface area contributed by atoms with Crippen molar-refractivity contribution in [2.45, 2.75) is 12.6 Å². The highest BCUT2D eigenvalue weighted by atomic mass is 19.4. The molecule has 0 bridgehead atoms. The third kappa shape index (κ3) is 3.86. The minimum atomic E-state index is -4.32. The van der Waals surface area contributed by atoms with Crippen molar-refractivity contribution in [1.82, 2.24) is 0 Å². The number of hydrogen-bond acceptors (Lipinski definition) is 3. The number of rotatable bonds is 4. The zero-order chi connectivity index (χ0) is 13.1. The summed E-state index contributed by atoms with van der Waals surface area (Å²) in [6.45, 7) is -0.600. The molecule has 0 fully saturated rings. The normalized spacial score (nSPS) is 11.2. The highest BCUT2D eigenvalue weighted by Gasteiger charge is 2.27. The van der Waals surface area contributed by atoms with Gasteiger partial charge in [0, 0.05) is 0 Å². The van der Waals surface area contributed by atoms with Crippen LogP contribution in [0.1, 0.15) is 16.8 Å². The van der Waals surface area contributed by atoms with Crippen LogP contribution in [0.15, 0.2) is 18.2 Å². The number of ether oxygens (including phenoxy) is 1. The van der Waals surface area contributed by atoms with Gasteiger partial charge >= 0.3 is 12.1 Å². The summed E-state index contributed by atoms with van der Waals surface area (Å²) < 4.78 is 40.4. The van der Waals surface area contributed by atoms with Gasteiger partial charge in [-0.05, 0) is 12.1 Å². The molecule has 0 aromatic heterocycles. The van der Waals surface area contributed by atoms with Gasteiger partial charge in [0.2, 0.25) is 0 Å². The molecular formula is C10H10F3NO3. The van der Waals surface area contributed by atoms with Crippen LogP contribution in [0.3, 0.4) is 0 Å². The first-order chi connectivity index (χ1) is 7.81. The molecule has 94 valence electrons. The lowest BCUT2D eigenvalue weighted by Gasteiger charge is -2.11. The molecule has 0 saturated carbocycles. The number of carbonyl (C=O) groups is 1. The third-order valence-electron chi connectivity index (χ3n) is 1.94. The van der Waals surface area contributed by atoms with Crippen molar-refractivity contribution in [2.75, 3.05) is 12.3 Å². The largest absolute Gasteiger partial charge is 0.491 e. The summed E-state index contributed by atoms with van der Waals surface area (Å²) in [6, 6.07) is 3.91. The maximum atomic E-state index is 11.9. The minimum Gasteiger partial charge on any atom is -0.491 e. The van der Waals surface area contributed by atoms with Crippen molar-refractivity contribution in [3.63, 3.8) is 0 Å². The van der Waals surface area contributed by atoms with Crippen LogP contribution in [0.2, 0.25) is 0 Å². The molecule has 7 heteroatoms. The summed E-state index contributed by atoms with van der Waals surface area (Å²) in [5, 5.41) is 8.73. The van der Waals surface area contributed by atoms with Gasteiger partial charge in [0.15, 0.2) is 0 Å². The van der Waals surface area contributed by atoms with Gasteiger partial charge < -0.3 is 15.6 Å². The molecular weight excluding hydrogens is 239 g/mol. The fourth-order valence-corrected chi connectivity index (χ4v) is 1.13. The molecule has 0 saturated heterocycles. The predicted molar refractivity (Wildman–Crippen MR) is 54.0 cm³/mol. The first-order valence-electron chi connectivity index (χ1n) is 4.62. The van der Waals surface area contributed by atoms with Gasteiger partial charge in [-0.2, -0.15) is 13.2 Å². The Morgan fingerprint density at radius 3 is 2.59 bits per heavy atom. The van der Waals surface area contributed by atoms with Crippen LogP contribution < -0.4 is 10.5 Å². The maximum absolute atomic E-state index is 11.9. The number of carboxylic acids is 1. The number of alkyl halides is 3. The van der Waals surface area contributed by atoms with Crippen LogP contribution in [0.5, 0.6) is 5.75 Å². The summed E-state index contributed by atoms with van der Waals surface area (Å²) in [5.74, 6) is -1.32. The van der Waals surface area contributed by atoms with E-state index in [0.29, 0.717) is 0 Å². The number of nitrogen functional groups attached to an aromatic ring is 1. The standard InChI is InChI=1S/C10H10F3NO3/c11-10(12,13)4-5-17-7-3-1-2-6(8(7)14)9(15)16/h1-3H,4-5,14H2,(H,15,16). The van der Waals surface area contributed by atoms with E-state index >= 15 is 0 Å². The SMILES string of the molecule is Nc1c(OCCC(F)(F)F)cccc1C(=O)O. The van der Waals surface area contributed by atoms with E-state index in [2.05, 4.69) is 0 Å². The highest BCUT2D eigenvalue weighted by molar-refractivity contribution is 5.95. The van der Waals surface area contributed by atoms with E-state index in [9.17, 15) is 18.0 Å². The number of hydrogen-bond donors (Lipinski definition) is 2. The van der Waals surface area contributed by atoms with Crippen LogP contribution >= 0.6 is 0 Å². The molecule has 0 heterocycles. The van der Waals surface area contributed by atoms with E-state index in [4.69, 9.17) is 15.6 Å². The van der Waals surface area contributed by atoms with Crippen LogP contribution in [0.25, 0.3) is 0 Å². The molecule has 0 aliphatic rings. The first-order valence-corrected chi connectivity index (χ1v) is 4.62. The summed E-state index contributed by atoms with van der Waals surface area (Å²) >= 11 is 0. The van der Waals surface area contributed by atoms with Gasteiger partial charge in [-0.15, -0.1) is 0 Å². The fourth-order valence-electron chi connectivity index (χ4n) is 1.13. The van der Waals surface area contributed by atoms with Crippen molar-refractivity contribution in [3.05, 3.63) is 23.8 Å². The summed E-state index contributed by atoms with van der Waals surface area (Å²) in [7, 11) is 0. The van der Waals surface area contributed by atoms with Gasteiger partial charge in [0.1, 0.15) is 5.75 Å². The van der Waals surface area contributed by atoms with Crippen LogP contribution in [0, 0.1) is 0 Å². The van der Waals surface area contributed by atoms with Crippen molar-refractivity contribution in [3.8, 4) is 5.75 Å². The third-order valence-corrected chi connectivity index (χ3v) is 1.94. The Morgan fingerprint density at radius 1 is 1.41 bits per heavy atom. The fraction of sp³-hybridized carbons (Fsp3) is 0.300. The van der Waals surface area contributed by atoms with Crippen molar-refractivity contribution in [1.29, 1.82) is 0 Å². The van der Waals surface area contributed by atoms with E-state index in [-0.39, 0.29) is 17.0 Å². The first kappa shape index (κ1) is 13.1. The van der Waals surface area contributed by atoms with Crippen LogP contribution in [-0.4, -0.2) is 23.9 Å². The van der Waals surface area contributed by atoms with Gasteiger partial charge in [-0.3, -0.25) is 0 Å². The van der Waals surface area contributed by atoms with Crippen molar-refractivity contribution < 1.29 is 27.8 Å². The smallest absolute Gasteiger partial charge is 0.392 e. The number of benzene rings is 1. The number of anilines is 1. The highest BCUT2D eigenvalue weighted by Crippen LogP contribution is 2.26. The average molecular weight is 249 g/mol. The second-order valence-electron chi connectivity index (χ2n) is 3.24. The molecule has 1 aromatic rings. The Bertz CT molecular complexity index is 418. The molecule has 0 amide bonds. The van der Waals surface area contributed by atoms with Crippen molar-refractivity contribution >= 4 is 11.7 Å². The molecule has 0 spiro atoms. The zero-order valence-corrected chi connectivity index (χ0v) is 8.62. The Labute approximate surface area is 94.8 Å². The molecule has 0 aliphatic heterocycles. The molecule has 0 atom stereocenters. The summed E-state index contributed by atoms with van der Waals surface area (Å²) in [4.78, 5) is 10.7. The number of carboxylic acid groups (broad SMARTS) is 1. The Hall–Kier alpha value is -1.92. The number of halogens is 3. The summed E-state index contributed by atoms with van der Waals surface area (Å²) in [6.07, 6.45) is -5.44. The lowest BCUT2D eigenvalue weighted by atomic mass is 10.1. The Kier molecular flexibility index (Phi) is 3.82. The van der Waals surface area contributed by atoms with Gasteiger partial charge in [0.05, 0.1) is 24.3 Å². The molecule has 0 radical (unpaired) electrons. The topological polar surface area (TPSA) is 72.5 Å². The molecule has 17 heavy (non-hydrogen) atoms. The maximum Gasteiger partial charge on any atom is 0.392 e. The molecule has 1 rings (SSSR count). The Morgan fingerprint density at radius 2 is 2.06 bits per heavy atom. The van der Waals surface area contributed by atoms with E-state index in [1.165, 1.54) is 18.2 Å². The second kappa shape index (κ2) is 4.94. The quantitative estimate of drug-likeness (QED) is 0.803. The molecule has 0 aliphatic carbocycles. The molecule has 1 aromatic carbocycles. The van der Waals surface area contributed by atoms with Gasteiger partial charge in [-0.1, -0.05) is 6.07 Å². The average Bonchev–Trinajstić information content (AvgIpc) is 2.18. The molecule has 0 unspecified atom stereocenters. The van der Waals surface area contributed by atoms with Gasteiger partial charge in [-0.25, -0.2) is 4.79 Å². The second-order valence-corrected chi connectivity index (χ2v) is 3.24. The van der Waals surface area contributed by atoms with Crippen molar-refractivity contribution in [2.24, 2.45) is 0 Å². The summed E-state index contributed by atoms with van der Waals surface area (Å²) in [5.41, 5.74) is 5.07. The van der Waals surface area contributed by atoms with Crippen LogP contribution in [-0.2, 0) is 0 Å². The van der Waals surface area contributed by atoms with Gasteiger partial charge in [0.25, 0.3) is 0 Å². The van der Waals surface area contributed by atoms with Crippen LogP contribution in [0.4, 0.5) is 18.9 Å². The molecule has 4 nitrogen and oxygen atoms in total. The van der Waals surface area contributed by atoms with E-state index in [1.807, 2.05) is 0 Å². The van der Waals surface area contributed by atoms with E-state index < -0.39 is 25.2 Å². The predicted octanol–water partition coefficient (Wildman–Crippen LogP) is 2.30. The molecule has 3 N–H and O–H groups in total. The number of nitrogens with two attached hydrogens (primary N) is 1. The van der Waals surface area contributed by atoms with E-state index in [1.54, 1.807) is 0 Å². The number of aromatic carboxylic acids is 1. The van der Waals surface area contributed by atoms with E-state index in [0.717, 1.165) is 0 Å². The lowest BCUT2D eigenvalue weighted by Crippen LogP contribution is -2.14. The minimum absolute atomic E-state index is 0.0610. The Balaban J connectivity index is 2.72.